The van der Waals surface area contributed by atoms with E-state index >= 15 is 0 Å². The number of hydrogen-bond acceptors (Lipinski definition) is 5. The number of hydrogen-bond donors (Lipinski definition) is 2. The van der Waals surface area contributed by atoms with E-state index in [2.05, 4.69) is 15.6 Å². The molecular formula is C20H18FN3O2S2. The molecule has 3 aromatic rings. The molecule has 0 saturated heterocycles. The Kier molecular flexibility index (Phi) is 6.67. The van der Waals surface area contributed by atoms with Crippen molar-refractivity contribution in [1.29, 1.82) is 0 Å². The van der Waals surface area contributed by atoms with Gasteiger partial charge in [-0.1, -0.05) is 24.3 Å². The van der Waals surface area contributed by atoms with Crippen molar-refractivity contribution in [3.05, 3.63) is 64.1 Å². The molecule has 144 valence electrons. The number of nitrogens with one attached hydrogen (secondary N) is 2. The van der Waals surface area contributed by atoms with E-state index in [0.717, 1.165) is 21.0 Å². The fourth-order valence-corrected chi connectivity index (χ4v) is 4.02. The number of benzene rings is 1. The minimum Gasteiger partial charge on any atom is -0.351 e. The fraction of sp³-hybridized carbons (Fsp3) is 0.150. The minimum atomic E-state index is -0.289. The normalized spacial score (nSPS) is 10.9. The first-order chi connectivity index (χ1) is 13.5. The van der Waals surface area contributed by atoms with Crippen molar-refractivity contribution < 1.29 is 14.0 Å². The molecular weight excluding hydrogens is 397 g/mol. The van der Waals surface area contributed by atoms with E-state index in [4.69, 9.17) is 0 Å². The average Bonchev–Trinajstić information content (AvgIpc) is 3.31. The summed E-state index contributed by atoms with van der Waals surface area (Å²) in [5.41, 5.74) is 1.62. The van der Waals surface area contributed by atoms with Crippen molar-refractivity contribution in [3.8, 4) is 10.6 Å². The summed E-state index contributed by atoms with van der Waals surface area (Å²) in [6, 6.07) is 9.96. The van der Waals surface area contributed by atoms with Gasteiger partial charge in [0.1, 0.15) is 5.82 Å². The Bertz CT molecular complexity index is 993. The van der Waals surface area contributed by atoms with E-state index in [9.17, 15) is 14.0 Å². The summed E-state index contributed by atoms with van der Waals surface area (Å²) >= 11 is 2.91. The predicted molar refractivity (Wildman–Crippen MR) is 112 cm³/mol. The summed E-state index contributed by atoms with van der Waals surface area (Å²) in [6.45, 7) is 1.98. The molecule has 0 atom stereocenters. The smallest absolute Gasteiger partial charge is 0.229 e. The van der Waals surface area contributed by atoms with Gasteiger partial charge in [0.05, 0.1) is 17.1 Å². The molecule has 0 saturated carbocycles. The van der Waals surface area contributed by atoms with Gasteiger partial charge in [0.25, 0.3) is 0 Å². The SMILES string of the molecule is CC(=O)NCc1ccc(-c2csc(NC(=O)CC=Cc3ccc(F)cc3)n2)s1. The van der Waals surface area contributed by atoms with Crippen LogP contribution in [0.1, 0.15) is 23.8 Å². The van der Waals surface area contributed by atoms with Gasteiger partial charge in [-0.05, 0) is 29.8 Å². The Hall–Kier alpha value is -2.84. The third kappa shape index (κ3) is 5.83. The van der Waals surface area contributed by atoms with E-state index in [1.807, 2.05) is 17.5 Å². The first-order valence-corrected chi connectivity index (χ1v) is 10.2. The topological polar surface area (TPSA) is 71.1 Å². The number of carbonyl (C=O) groups excluding carboxylic acids is 2. The molecule has 28 heavy (non-hydrogen) atoms. The quantitative estimate of drug-likeness (QED) is 0.588. The highest BCUT2D eigenvalue weighted by Gasteiger charge is 2.09. The lowest BCUT2D eigenvalue weighted by molar-refractivity contribution is -0.119. The van der Waals surface area contributed by atoms with Crippen LogP contribution in [0.5, 0.6) is 0 Å². The monoisotopic (exact) mass is 415 g/mol. The first-order valence-electron chi connectivity index (χ1n) is 8.50. The van der Waals surface area contributed by atoms with Gasteiger partial charge in [-0.25, -0.2) is 9.37 Å². The molecule has 1 aromatic carbocycles. The third-order valence-electron chi connectivity index (χ3n) is 3.66. The predicted octanol–water partition coefficient (Wildman–Crippen LogP) is 4.69. The summed E-state index contributed by atoms with van der Waals surface area (Å²) in [5, 5.41) is 7.96. The van der Waals surface area contributed by atoms with E-state index in [1.54, 1.807) is 35.6 Å². The summed E-state index contributed by atoms with van der Waals surface area (Å²) < 4.78 is 12.9. The Morgan fingerprint density at radius 3 is 2.71 bits per heavy atom. The van der Waals surface area contributed by atoms with Crippen LogP contribution in [0.2, 0.25) is 0 Å². The van der Waals surface area contributed by atoms with Crippen LogP contribution in [-0.2, 0) is 16.1 Å². The lowest BCUT2D eigenvalue weighted by Crippen LogP contribution is -2.17. The molecule has 8 heteroatoms. The van der Waals surface area contributed by atoms with Crippen molar-refractivity contribution in [1.82, 2.24) is 10.3 Å². The second-order valence-corrected chi connectivity index (χ2v) is 7.95. The minimum absolute atomic E-state index is 0.0675. The van der Waals surface area contributed by atoms with Gasteiger partial charge in [0.15, 0.2) is 5.13 Å². The third-order valence-corrected chi connectivity index (χ3v) is 5.53. The van der Waals surface area contributed by atoms with E-state index in [0.29, 0.717) is 11.7 Å². The molecule has 0 bridgehead atoms. The molecule has 2 amide bonds. The molecule has 0 radical (unpaired) electrons. The van der Waals surface area contributed by atoms with Gasteiger partial charge in [-0.3, -0.25) is 9.59 Å². The summed E-state index contributed by atoms with van der Waals surface area (Å²) in [4.78, 5) is 29.5. The molecule has 2 heterocycles. The van der Waals surface area contributed by atoms with E-state index in [1.165, 1.54) is 30.4 Å². The molecule has 0 aliphatic carbocycles. The maximum absolute atomic E-state index is 12.9. The number of nitrogens with zero attached hydrogens (tertiary/aromatic N) is 1. The summed E-state index contributed by atoms with van der Waals surface area (Å²) in [7, 11) is 0. The van der Waals surface area contributed by atoms with Crippen LogP contribution in [0.4, 0.5) is 9.52 Å². The van der Waals surface area contributed by atoms with Crippen LogP contribution in [0.15, 0.2) is 47.9 Å². The first kappa shape index (κ1) is 19.9. The highest BCUT2D eigenvalue weighted by atomic mass is 32.1. The zero-order chi connectivity index (χ0) is 19.9. The molecule has 0 spiro atoms. The largest absolute Gasteiger partial charge is 0.351 e. The number of halogens is 1. The maximum Gasteiger partial charge on any atom is 0.229 e. The number of carbonyl (C=O) groups is 2. The van der Waals surface area contributed by atoms with Gasteiger partial charge in [0.2, 0.25) is 11.8 Å². The van der Waals surface area contributed by atoms with Crippen molar-refractivity contribution in [3.63, 3.8) is 0 Å². The molecule has 0 aliphatic heterocycles. The van der Waals surface area contributed by atoms with Gasteiger partial charge in [-0.2, -0.15) is 0 Å². The molecule has 2 N–H and O–H groups in total. The molecule has 3 rings (SSSR count). The van der Waals surface area contributed by atoms with Gasteiger partial charge >= 0.3 is 0 Å². The average molecular weight is 416 g/mol. The van der Waals surface area contributed by atoms with Crippen molar-refractivity contribution in [2.75, 3.05) is 5.32 Å². The number of thiazole rings is 1. The zero-order valence-corrected chi connectivity index (χ0v) is 16.7. The van der Waals surface area contributed by atoms with Gasteiger partial charge < -0.3 is 10.6 Å². The Balaban J connectivity index is 1.53. The van der Waals surface area contributed by atoms with Crippen LogP contribution in [-0.4, -0.2) is 16.8 Å². The molecule has 0 unspecified atom stereocenters. The number of thiophene rings is 1. The molecule has 0 aliphatic rings. The highest BCUT2D eigenvalue weighted by Crippen LogP contribution is 2.30. The number of anilines is 1. The number of amides is 2. The second-order valence-electron chi connectivity index (χ2n) is 5.92. The van der Waals surface area contributed by atoms with Crippen molar-refractivity contribution >= 4 is 45.7 Å². The summed E-state index contributed by atoms with van der Waals surface area (Å²) in [6.07, 6.45) is 3.70. The molecule has 5 nitrogen and oxygen atoms in total. The molecule has 0 fully saturated rings. The van der Waals surface area contributed by atoms with Crippen LogP contribution in [0.25, 0.3) is 16.6 Å². The lowest BCUT2D eigenvalue weighted by atomic mass is 10.2. The highest BCUT2D eigenvalue weighted by molar-refractivity contribution is 7.17. The zero-order valence-electron chi connectivity index (χ0n) is 15.1. The van der Waals surface area contributed by atoms with E-state index < -0.39 is 0 Å². The second kappa shape index (κ2) is 9.38. The van der Waals surface area contributed by atoms with Crippen LogP contribution in [0, 0.1) is 5.82 Å². The summed E-state index contributed by atoms with van der Waals surface area (Å²) in [5.74, 6) is -0.527. The van der Waals surface area contributed by atoms with Crippen LogP contribution < -0.4 is 10.6 Å². The van der Waals surface area contributed by atoms with Gasteiger partial charge in [-0.15, -0.1) is 22.7 Å². The number of aromatic nitrogens is 1. The van der Waals surface area contributed by atoms with E-state index in [-0.39, 0.29) is 24.1 Å². The van der Waals surface area contributed by atoms with Crippen molar-refractivity contribution in [2.45, 2.75) is 19.9 Å². The molecule has 2 aromatic heterocycles. The Morgan fingerprint density at radius 2 is 1.96 bits per heavy atom. The lowest BCUT2D eigenvalue weighted by Gasteiger charge is -1.98. The fourth-order valence-electron chi connectivity index (χ4n) is 2.31. The number of rotatable bonds is 7. The van der Waals surface area contributed by atoms with Crippen molar-refractivity contribution in [2.24, 2.45) is 0 Å². The van der Waals surface area contributed by atoms with Gasteiger partial charge in [0, 0.05) is 23.6 Å². The Morgan fingerprint density at radius 1 is 1.18 bits per heavy atom. The maximum atomic E-state index is 12.9. The van der Waals surface area contributed by atoms with Crippen LogP contribution in [0.3, 0.4) is 0 Å². The standard InChI is InChI=1S/C20H18FN3O2S2/c1-13(25)22-11-16-9-10-18(28-16)17-12-27-20(23-17)24-19(26)4-2-3-14-5-7-15(21)8-6-14/h2-3,5-10,12H,4,11H2,1H3,(H,22,25)(H,23,24,26). The Labute approximate surface area is 169 Å². The van der Waals surface area contributed by atoms with Crippen LogP contribution >= 0.6 is 22.7 Å².